The highest BCUT2D eigenvalue weighted by Gasteiger charge is 2.62. The van der Waals surface area contributed by atoms with Gasteiger partial charge in [-0.15, -0.1) is 12.4 Å². The average Bonchev–Trinajstić information content (AvgIpc) is 2.47. The summed E-state index contributed by atoms with van der Waals surface area (Å²) in [5.41, 5.74) is 10.9. The van der Waals surface area contributed by atoms with Gasteiger partial charge in [-0.25, -0.2) is 0 Å². The van der Waals surface area contributed by atoms with Gasteiger partial charge in [-0.05, 0) is 25.1 Å². The van der Waals surface area contributed by atoms with Gasteiger partial charge in [-0.3, -0.25) is 9.59 Å². The number of nitrogens with one attached hydrogen (secondary N) is 1. The van der Waals surface area contributed by atoms with Crippen molar-refractivity contribution in [2.24, 2.45) is 16.9 Å². The standard InChI is InChI=1S/C16H23N3O3.ClH/c1-4-22-12-9-16(18,15(12,2)3)14(21)19-11-7-5-6-10(8-11)13(17)20;/h5-8,12H,4,9,18H2,1-3H3,(H2,17,20)(H,19,21);1H. The third kappa shape index (κ3) is 3.34. The fraction of sp³-hybridized carbons (Fsp3) is 0.500. The molecule has 128 valence electrons. The minimum Gasteiger partial charge on any atom is -0.378 e. The summed E-state index contributed by atoms with van der Waals surface area (Å²) < 4.78 is 5.62. The predicted molar refractivity (Wildman–Crippen MR) is 91.6 cm³/mol. The van der Waals surface area contributed by atoms with Gasteiger partial charge in [0.05, 0.1) is 6.10 Å². The lowest BCUT2D eigenvalue weighted by molar-refractivity contribution is -0.166. The molecule has 5 N–H and O–H groups in total. The number of anilines is 1. The van der Waals surface area contributed by atoms with Gasteiger partial charge in [0.25, 0.3) is 0 Å². The second-order valence-corrected chi connectivity index (χ2v) is 6.24. The number of halogens is 1. The summed E-state index contributed by atoms with van der Waals surface area (Å²) >= 11 is 0. The highest BCUT2D eigenvalue weighted by Crippen LogP contribution is 2.50. The van der Waals surface area contributed by atoms with Crippen LogP contribution in [0.4, 0.5) is 5.69 Å². The van der Waals surface area contributed by atoms with Gasteiger partial charge in [0.15, 0.2) is 0 Å². The largest absolute Gasteiger partial charge is 0.378 e. The first-order chi connectivity index (χ1) is 10.2. The molecule has 0 aliphatic heterocycles. The molecule has 1 aromatic rings. The number of nitrogens with two attached hydrogens (primary N) is 2. The van der Waals surface area contributed by atoms with Crippen LogP contribution in [0.25, 0.3) is 0 Å². The fourth-order valence-corrected chi connectivity index (χ4v) is 2.81. The van der Waals surface area contributed by atoms with Crippen LogP contribution < -0.4 is 16.8 Å². The van der Waals surface area contributed by atoms with E-state index in [2.05, 4.69) is 5.32 Å². The molecule has 2 unspecified atom stereocenters. The molecular formula is C16H24ClN3O3. The van der Waals surface area contributed by atoms with Gasteiger partial charge in [-0.2, -0.15) is 0 Å². The number of hydrogen-bond acceptors (Lipinski definition) is 4. The van der Waals surface area contributed by atoms with E-state index in [-0.39, 0.29) is 24.4 Å². The van der Waals surface area contributed by atoms with Crippen molar-refractivity contribution >= 4 is 29.9 Å². The highest BCUT2D eigenvalue weighted by atomic mass is 35.5. The Bertz CT molecular complexity index is 606. The molecule has 2 amide bonds. The number of primary amides is 1. The van der Waals surface area contributed by atoms with Crippen molar-refractivity contribution in [2.45, 2.75) is 38.8 Å². The molecule has 2 rings (SSSR count). The summed E-state index contributed by atoms with van der Waals surface area (Å²) in [7, 11) is 0. The van der Waals surface area contributed by atoms with Crippen molar-refractivity contribution in [3.63, 3.8) is 0 Å². The van der Waals surface area contributed by atoms with Crippen LogP contribution in [0.5, 0.6) is 0 Å². The van der Waals surface area contributed by atoms with Gasteiger partial charge in [0.1, 0.15) is 5.54 Å². The summed E-state index contributed by atoms with van der Waals surface area (Å²) in [6.07, 6.45) is 0.431. The number of benzene rings is 1. The van der Waals surface area contributed by atoms with E-state index in [0.717, 1.165) is 0 Å². The Morgan fingerprint density at radius 1 is 1.39 bits per heavy atom. The Labute approximate surface area is 142 Å². The molecule has 7 heteroatoms. The number of ether oxygens (including phenoxy) is 1. The van der Waals surface area contributed by atoms with Crippen LogP contribution in [-0.2, 0) is 9.53 Å². The second-order valence-electron chi connectivity index (χ2n) is 6.24. The molecule has 1 aliphatic rings. The summed E-state index contributed by atoms with van der Waals surface area (Å²) in [6.45, 7) is 6.36. The molecular weight excluding hydrogens is 318 g/mol. The van der Waals surface area contributed by atoms with Crippen molar-refractivity contribution in [3.8, 4) is 0 Å². The molecule has 0 bridgehead atoms. The molecule has 1 aromatic carbocycles. The predicted octanol–water partition coefficient (Wildman–Crippen LogP) is 1.68. The number of carbonyl (C=O) groups is 2. The quantitative estimate of drug-likeness (QED) is 0.757. The van der Waals surface area contributed by atoms with E-state index in [9.17, 15) is 9.59 Å². The maximum Gasteiger partial charge on any atom is 0.248 e. The Morgan fingerprint density at radius 3 is 2.57 bits per heavy atom. The van der Waals surface area contributed by atoms with Gasteiger partial charge in [0.2, 0.25) is 11.8 Å². The molecule has 0 heterocycles. The lowest BCUT2D eigenvalue weighted by Gasteiger charge is -2.57. The first-order valence-electron chi connectivity index (χ1n) is 7.34. The van der Waals surface area contributed by atoms with Crippen LogP contribution in [0.1, 0.15) is 37.6 Å². The molecule has 1 saturated carbocycles. The highest BCUT2D eigenvalue weighted by molar-refractivity contribution is 6.01. The Morgan fingerprint density at radius 2 is 2.04 bits per heavy atom. The lowest BCUT2D eigenvalue weighted by Crippen LogP contribution is -2.74. The van der Waals surface area contributed by atoms with Gasteiger partial charge in [0, 0.05) is 29.7 Å². The van der Waals surface area contributed by atoms with Crippen LogP contribution >= 0.6 is 12.4 Å². The van der Waals surface area contributed by atoms with E-state index in [1.54, 1.807) is 18.2 Å². The molecule has 6 nitrogen and oxygen atoms in total. The number of hydrogen-bond donors (Lipinski definition) is 3. The van der Waals surface area contributed by atoms with Crippen LogP contribution in [0.15, 0.2) is 24.3 Å². The number of rotatable bonds is 5. The third-order valence-electron chi connectivity index (χ3n) is 4.64. The topological polar surface area (TPSA) is 107 Å². The van der Waals surface area contributed by atoms with Crippen LogP contribution in [0, 0.1) is 5.41 Å². The fourth-order valence-electron chi connectivity index (χ4n) is 2.81. The van der Waals surface area contributed by atoms with Crippen molar-refractivity contribution in [1.82, 2.24) is 0 Å². The van der Waals surface area contributed by atoms with Crippen molar-refractivity contribution in [1.29, 1.82) is 0 Å². The summed E-state index contributed by atoms with van der Waals surface area (Å²) in [5.74, 6) is -0.825. The zero-order valence-corrected chi connectivity index (χ0v) is 14.4. The van der Waals surface area contributed by atoms with E-state index < -0.39 is 16.9 Å². The van der Waals surface area contributed by atoms with Crippen molar-refractivity contribution in [3.05, 3.63) is 29.8 Å². The molecule has 0 radical (unpaired) electrons. The number of carbonyl (C=O) groups excluding carboxylic acids is 2. The zero-order chi connectivity index (χ0) is 16.5. The summed E-state index contributed by atoms with van der Waals surface area (Å²) in [6, 6.07) is 6.48. The molecule has 23 heavy (non-hydrogen) atoms. The minimum absolute atomic E-state index is 0. The molecule has 0 aromatic heterocycles. The second kappa shape index (κ2) is 6.86. The Kier molecular flexibility index (Phi) is 5.79. The first-order valence-corrected chi connectivity index (χ1v) is 7.34. The van der Waals surface area contributed by atoms with E-state index in [4.69, 9.17) is 16.2 Å². The molecule has 1 fully saturated rings. The Hall–Kier alpha value is -1.63. The normalized spacial score (nSPS) is 25.0. The van der Waals surface area contributed by atoms with Crippen molar-refractivity contribution < 1.29 is 14.3 Å². The van der Waals surface area contributed by atoms with E-state index >= 15 is 0 Å². The maximum atomic E-state index is 12.6. The first kappa shape index (κ1) is 19.4. The smallest absolute Gasteiger partial charge is 0.248 e. The number of amides is 2. The maximum absolute atomic E-state index is 12.6. The van der Waals surface area contributed by atoms with Crippen LogP contribution in [0.3, 0.4) is 0 Å². The molecule has 0 saturated heterocycles. The molecule has 1 aliphatic carbocycles. The van der Waals surface area contributed by atoms with Gasteiger partial charge < -0.3 is 21.5 Å². The van der Waals surface area contributed by atoms with Crippen LogP contribution in [-0.4, -0.2) is 30.1 Å². The SMILES string of the molecule is CCOC1CC(N)(C(=O)Nc2cccc(C(N)=O)c2)C1(C)C.Cl. The summed E-state index contributed by atoms with van der Waals surface area (Å²) in [5, 5.41) is 2.77. The molecule has 0 spiro atoms. The van der Waals surface area contributed by atoms with Crippen molar-refractivity contribution in [2.75, 3.05) is 11.9 Å². The summed E-state index contributed by atoms with van der Waals surface area (Å²) in [4.78, 5) is 23.7. The Balaban J connectivity index is 0.00000264. The van der Waals surface area contributed by atoms with E-state index in [1.807, 2.05) is 20.8 Å². The lowest BCUT2D eigenvalue weighted by atomic mass is 9.54. The minimum atomic E-state index is -1.00. The van der Waals surface area contributed by atoms with Crippen LogP contribution in [0.2, 0.25) is 0 Å². The average molecular weight is 342 g/mol. The third-order valence-corrected chi connectivity index (χ3v) is 4.64. The zero-order valence-electron chi connectivity index (χ0n) is 13.6. The molecule has 2 atom stereocenters. The van der Waals surface area contributed by atoms with Gasteiger partial charge >= 0.3 is 0 Å². The van der Waals surface area contributed by atoms with E-state index in [1.165, 1.54) is 6.07 Å². The monoisotopic (exact) mass is 341 g/mol. The van der Waals surface area contributed by atoms with Gasteiger partial charge in [-0.1, -0.05) is 19.9 Å². The van der Waals surface area contributed by atoms with E-state index in [0.29, 0.717) is 24.3 Å².